The van der Waals surface area contributed by atoms with Gasteiger partial charge in [0.15, 0.2) is 0 Å². The van der Waals surface area contributed by atoms with Gasteiger partial charge in [-0.15, -0.1) is 0 Å². The van der Waals surface area contributed by atoms with E-state index in [4.69, 9.17) is 0 Å². The molecule has 0 bridgehead atoms. The molecule has 1 aliphatic rings. The molecule has 6 heteroatoms. The van der Waals surface area contributed by atoms with E-state index in [1.54, 1.807) is 17.2 Å². The molecule has 2 heterocycles. The van der Waals surface area contributed by atoms with E-state index in [0.717, 1.165) is 12.1 Å². The van der Waals surface area contributed by atoms with Gasteiger partial charge in [-0.25, -0.2) is 8.42 Å². The standard InChI is InChI=1S/C13H20N2O3S/c1-10-12(5-7-14-10)13(16)15-8-3-4-11(6-9-15)19(2,17)18/h5,7,11,14H,3-4,6,8-9H2,1-2H3. The second kappa shape index (κ2) is 5.36. The number of H-pyrrole nitrogens is 1. The maximum atomic E-state index is 12.3. The molecule has 0 spiro atoms. The van der Waals surface area contributed by atoms with E-state index in [9.17, 15) is 13.2 Å². The fourth-order valence-corrected chi connectivity index (χ4v) is 3.68. The lowest BCUT2D eigenvalue weighted by atomic mass is 10.2. The molecule has 0 radical (unpaired) electrons. The Morgan fingerprint density at radius 3 is 2.68 bits per heavy atom. The molecule has 106 valence electrons. The van der Waals surface area contributed by atoms with E-state index < -0.39 is 9.84 Å². The molecule has 1 aliphatic heterocycles. The Hall–Kier alpha value is -1.30. The summed E-state index contributed by atoms with van der Waals surface area (Å²) in [5.41, 5.74) is 1.53. The van der Waals surface area contributed by atoms with Crippen LogP contribution >= 0.6 is 0 Å². The summed E-state index contributed by atoms with van der Waals surface area (Å²) in [6, 6.07) is 1.77. The zero-order valence-electron chi connectivity index (χ0n) is 11.3. The summed E-state index contributed by atoms with van der Waals surface area (Å²) in [6.45, 7) is 3.01. The van der Waals surface area contributed by atoms with Gasteiger partial charge in [0.05, 0.1) is 10.8 Å². The van der Waals surface area contributed by atoms with Crippen molar-refractivity contribution in [2.45, 2.75) is 31.4 Å². The number of aromatic nitrogens is 1. The molecule has 2 rings (SSSR count). The molecule has 5 nitrogen and oxygen atoms in total. The number of carbonyl (C=O) groups excluding carboxylic acids is 1. The van der Waals surface area contributed by atoms with Crippen LogP contribution in [0.2, 0.25) is 0 Å². The Morgan fingerprint density at radius 1 is 1.37 bits per heavy atom. The minimum Gasteiger partial charge on any atom is -0.365 e. The van der Waals surface area contributed by atoms with Crippen LogP contribution in [0.25, 0.3) is 0 Å². The number of amides is 1. The summed E-state index contributed by atoms with van der Waals surface area (Å²) in [7, 11) is -3.00. The second-order valence-corrected chi connectivity index (χ2v) is 7.52. The number of likely N-dealkylation sites (tertiary alicyclic amines) is 1. The first-order valence-electron chi connectivity index (χ1n) is 6.51. The molecule has 1 atom stereocenters. The Kier molecular flexibility index (Phi) is 3.99. The summed E-state index contributed by atoms with van der Waals surface area (Å²) >= 11 is 0. The quantitative estimate of drug-likeness (QED) is 0.891. The van der Waals surface area contributed by atoms with Gasteiger partial charge in [0, 0.05) is 31.2 Å². The lowest BCUT2D eigenvalue weighted by Gasteiger charge is -2.20. The van der Waals surface area contributed by atoms with Crippen molar-refractivity contribution < 1.29 is 13.2 Å². The third-order valence-corrected chi connectivity index (χ3v) is 5.43. The number of sulfone groups is 1. The first-order chi connectivity index (χ1) is 8.89. The van der Waals surface area contributed by atoms with Crippen molar-refractivity contribution in [1.29, 1.82) is 0 Å². The lowest BCUT2D eigenvalue weighted by Crippen LogP contribution is -2.32. The normalized spacial score (nSPS) is 21.2. The monoisotopic (exact) mass is 284 g/mol. The minimum atomic E-state index is -3.00. The van der Waals surface area contributed by atoms with Gasteiger partial charge in [0.2, 0.25) is 0 Å². The van der Waals surface area contributed by atoms with Crippen LogP contribution in [0.15, 0.2) is 12.3 Å². The number of rotatable bonds is 2. The van der Waals surface area contributed by atoms with E-state index >= 15 is 0 Å². The molecule has 19 heavy (non-hydrogen) atoms. The first-order valence-corrected chi connectivity index (χ1v) is 8.47. The summed E-state index contributed by atoms with van der Waals surface area (Å²) in [5.74, 6) is -0.00657. The van der Waals surface area contributed by atoms with Crippen LogP contribution in [-0.4, -0.2) is 48.8 Å². The molecule has 0 aromatic carbocycles. The van der Waals surface area contributed by atoms with Gasteiger partial charge in [-0.2, -0.15) is 0 Å². The van der Waals surface area contributed by atoms with Gasteiger partial charge in [0.1, 0.15) is 9.84 Å². The SMILES string of the molecule is Cc1[nH]ccc1C(=O)N1CCCC(S(C)(=O)=O)CC1. The molecule has 1 N–H and O–H groups in total. The van der Waals surface area contributed by atoms with Gasteiger partial charge in [-0.05, 0) is 32.3 Å². The van der Waals surface area contributed by atoms with Crippen LogP contribution < -0.4 is 0 Å². The van der Waals surface area contributed by atoms with Crippen molar-refractivity contribution in [2.75, 3.05) is 19.3 Å². The number of carbonyl (C=O) groups is 1. The van der Waals surface area contributed by atoms with Crippen molar-refractivity contribution in [3.63, 3.8) is 0 Å². The maximum absolute atomic E-state index is 12.3. The number of nitrogens with one attached hydrogen (secondary N) is 1. The molecule has 1 unspecified atom stereocenters. The van der Waals surface area contributed by atoms with Crippen LogP contribution in [0.3, 0.4) is 0 Å². The Labute approximate surface area is 113 Å². The largest absolute Gasteiger partial charge is 0.365 e. The predicted octanol–water partition coefficient (Wildman–Crippen LogP) is 1.36. The van der Waals surface area contributed by atoms with Crippen LogP contribution in [0.1, 0.15) is 35.3 Å². The minimum absolute atomic E-state index is 0.00657. The molecule has 1 saturated heterocycles. The average Bonchev–Trinajstić information content (AvgIpc) is 2.62. The highest BCUT2D eigenvalue weighted by Crippen LogP contribution is 2.19. The van der Waals surface area contributed by atoms with Crippen molar-refractivity contribution in [1.82, 2.24) is 9.88 Å². The van der Waals surface area contributed by atoms with E-state index in [1.165, 1.54) is 6.26 Å². The van der Waals surface area contributed by atoms with Gasteiger partial charge < -0.3 is 9.88 Å². The maximum Gasteiger partial charge on any atom is 0.255 e. The molecular formula is C13H20N2O3S. The van der Waals surface area contributed by atoms with Crippen molar-refractivity contribution in [2.24, 2.45) is 0 Å². The second-order valence-electron chi connectivity index (χ2n) is 5.19. The zero-order valence-corrected chi connectivity index (χ0v) is 12.2. The number of aryl methyl sites for hydroxylation is 1. The van der Waals surface area contributed by atoms with Gasteiger partial charge in [-0.1, -0.05) is 0 Å². The van der Waals surface area contributed by atoms with Crippen LogP contribution in [-0.2, 0) is 9.84 Å². The molecule has 1 aromatic heterocycles. The highest BCUT2D eigenvalue weighted by molar-refractivity contribution is 7.91. The fraction of sp³-hybridized carbons (Fsp3) is 0.615. The van der Waals surface area contributed by atoms with Gasteiger partial charge >= 0.3 is 0 Å². The average molecular weight is 284 g/mol. The summed E-state index contributed by atoms with van der Waals surface area (Å²) in [5, 5.41) is -0.308. The Balaban J connectivity index is 2.08. The third kappa shape index (κ3) is 3.18. The summed E-state index contributed by atoms with van der Waals surface area (Å²) in [6.07, 6.45) is 4.96. The highest BCUT2D eigenvalue weighted by Gasteiger charge is 2.27. The zero-order chi connectivity index (χ0) is 14.0. The van der Waals surface area contributed by atoms with E-state index in [0.29, 0.717) is 31.5 Å². The number of nitrogens with zero attached hydrogens (tertiary/aromatic N) is 1. The smallest absolute Gasteiger partial charge is 0.255 e. The fourth-order valence-electron chi connectivity index (χ4n) is 2.55. The Bertz CT molecular complexity index is 562. The lowest BCUT2D eigenvalue weighted by molar-refractivity contribution is 0.0761. The molecular weight excluding hydrogens is 264 g/mol. The molecule has 1 aromatic rings. The highest BCUT2D eigenvalue weighted by atomic mass is 32.2. The predicted molar refractivity (Wildman–Crippen MR) is 73.9 cm³/mol. The topological polar surface area (TPSA) is 70.2 Å². The molecule has 0 aliphatic carbocycles. The number of hydrogen-bond donors (Lipinski definition) is 1. The van der Waals surface area contributed by atoms with E-state index in [1.807, 2.05) is 6.92 Å². The molecule has 1 amide bonds. The first kappa shape index (κ1) is 14.1. The van der Waals surface area contributed by atoms with Crippen molar-refractivity contribution >= 4 is 15.7 Å². The van der Waals surface area contributed by atoms with Crippen molar-refractivity contribution in [3.8, 4) is 0 Å². The van der Waals surface area contributed by atoms with Crippen LogP contribution in [0.4, 0.5) is 0 Å². The molecule has 1 fully saturated rings. The summed E-state index contributed by atoms with van der Waals surface area (Å²) < 4.78 is 23.2. The van der Waals surface area contributed by atoms with E-state index in [2.05, 4.69) is 4.98 Å². The Morgan fingerprint density at radius 2 is 2.11 bits per heavy atom. The molecule has 0 saturated carbocycles. The van der Waals surface area contributed by atoms with Crippen molar-refractivity contribution in [3.05, 3.63) is 23.5 Å². The van der Waals surface area contributed by atoms with Gasteiger partial charge in [-0.3, -0.25) is 4.79 Å². The van der Waals surface area contributed by atoms with E-state index in [-0.39, 0.29) is 11.2 Å². The van der Waals surface area contributed by atoms with Crippen LogP contribution in [0.5, 0.6) is 0 Å². The van der Waals surface area contributed by atoms with Gasteiger partial charge in [0.25, 0.3) is 5.91 Å². The summed E-state index contributed by atoms with van der Waals surface area (Å²) in [4.78, 5) is 17.1. The third-order valence-electron chi connectivity index (χ3n) is 3.75. The number of aromatic amines is 1. The van der Waals surface area contributed by atoms with Crippen LogP contribution in [0, 0.1) is 6.92 Å². The number of hydrogen-bond acceptors (Lipinski definition) is 3.